The molecule has 1 aliphatic heterocycles. The average molecular weight is 243 g/mol. The van der Waals surface area contributed by atoms with E-state index < -0.39 is 11.9 Å². The van der Waals surface area contributed by atoms with E-state index in [2.05, 4.69) is 5.32 Å². The van der Waals surface area contributed by atoms with Gasteiger partial charge in [-0.25, -0.2) is 9.59 Å². The molecular weight excluding hydrogens is 230 g/mol. The molecule has 7 heteroatoms. The Morgan fingerprint density at radius 1 is 1.35 bits per heavy atom. The number of aliphatic carboxylic acids is 2. The predicted octanol–water partition coefficient (Wildman–Crippen LogP) is 0.0961. The molecule has 17 heavy (non-hydrogen) atoms. The van der Waals surface area contributed by atoms with Crippen LogP contribution in [0.2, 0.25) is 0 Å². The summed E-state index contributed by atoms with van der Waals surface area (Å²) in [4.78, 5) is 18.2. The predicted molar refractivity (Wildman–Crippen MR) is 55.5 cm³/mol. The molecule has 1 aliphatic rings. The van der Waals surface area contributed by atoms with Gasteiger partial charge in [0.05, 0.1) is 25.2 Å². The summed E-state index contributed by atoms with van der Waals surface area (Å²) in [5.74, 6) is -3.65. The number of morpholine rings is 1. The zero-order valence-corrected chi connectivity index (χ0v) is 8.96. The minimum atomic E-state index is -1.82. The van der Waals surface area contributed by atoms with Crippen LogP contribution in [0.1, 0.15) is 11.7 Å². The maximum Gasteiger partial charge on any atom is 0.414 e. The lowest BCUT2D eigenvalue weighted by molar-refractivity contribution is -0.159. The van der Waals surface area contributed by atoms with Gasteiger partial charge in [0.2, 0.25) is 0 Å². The fourth-order valence-electron chi connectivity index (χ4n) is 1.24. The summed E-state index contributed by atoms with van der Waals surface area (Å²) >= 11 is 0. The lowest BCUT2D eigenvalue weighted by atomic mass is 10.2. The molecule has 3 N–H and O–H groups in total. The highest BCUT2D eigenvalue weighted by Crippen LogP contribution is 2.18. The van der Waals surface area contributed by atoms with Crippen LogP contribution in [0, 0.1) is 0 Å². The molecule has 1 saturated heterocycles. The Morgan fingerprint density at radius 2 is 2.06 bits per heavy atom. The minimum absolute atomic E-state index is 0.183. The minimum Gasteiger partial charge on any atom is -0.473 e. The van der Waals surface area contributed by atoms with E-state index in [1.807, 2.05) is 6.07 Å². The SMILES string of the molecule is O=C(O)C(=O)O.c1cc(C2CNCCO2)co1. The molecule has 0 saturated carbocycles. The molecule has 0 aliphatic carbocycles. The Morgan fingerprint density at radius 3 is 2.47 bits per heavy atom. The van der Waals surface area contributed by atoms with Crippen molar-refractivity contribution in [1.82, 2.24) is 5.32 Å². The van der Waals surface area contributed by atoms with Gasteiger partial charge in [-0.3, -0.25) is 0 Å². The molecule has 7 nitrogen and oxygen atoms in total. The topological polar surface area (TPSA) is 109 Å². The largest absolute Gasteiger partial charge is 0.473 e. The van der Waals surface area contributed by atoms with Gasteiger partial charge in [0.15, 0.2) is 0 Å². The van der Waals surface area contributed by atoms with Crippen molar-refractivity contribution in [3.8, 4) is 0 Å². The maximum atomic E-state index is 9.10. The van der Waals surface area contributed by atoms with Crippen LogP contribution in [0.4, 0.5) is 0 Å². The number of nitrogens with one attached hydrogen (secondary N) is 1. The summed E-state index contributed by atoms with van der Waals surface area (Å²) in [6.45, 7) is 2.63. The molecule has 1 fully saturated rings. The van der Waals surface area contributed by atoms with Crippen LogP contribution in [-0.2, 0) is 14.3 Å². The van der Waals surface area contributed by atoms with Crippen molar-refractivity contribution in [2.24, 2.45) is 0 Å². The van der Waals surface area contributed by atoms with Crippen molar-refractivity contribution in [1.29, 1.82) is 0 Å². The molecule has 1 aromatic heterocycles. The van der Waals surface area contributed by atoms with Crippen LogP contribution in [0.15, 0.2) is 23.0 Å². The zero-order chi connectivity index (χ0) is 12.7. The van der Waals surface area contributed by atoms with Crippen molar-refractivity contribution in [3.63, 3.8) is 0 Å². The molecule has 0 amide bonds. The smallest absolute Gasteiger partial charge is 0.414 e. The molecule has 0 bridgehead atoms. The molecule has 1 unspecified atom stereocenters. The lowest BCUT2D eigenvalue weighted by Gasteiger charge is -2.22. The number of carboxylic acid groups (broad SMARTS) is 2. The first-order valence-corrected chi connectivity index (χ1v) is 4.92. The third-order valence-electron chi connectivity index (χ3n) is 2.03. The van der Waals surface area contributed by atoms with Crippen molar-refractivity contribution >= 4 is 11.9 Å². The molecule has 0 spiro atoms. The molecule has 2 heterocycles. The molecule has 1 atom stereocenters. The second-order valence-electron chi connectivity index (χ2n) is 3.23. The Labute approximate surface area is 97.0 Å². The van der Waals surface area contributed by atoms with Gasteiger partial charge in [0.25, 0.3) is 0 Å². The van der Waals surface area contributed by atoms with Gasteiger partial charge in [-0.1, -0.05) is 0 Å². The van der Waals surface area contributed by atoms with Gasteiger partial charge in [0, 0.05) is 18.7 Å². The summed E-state index contributed by atoms with van der Waals surface area (Å²) in [5.41, 5.74) is 1.12. The average Bonchev–Trinajstić information content (AvgIpc) is 2.84. The number of carbonyl (C=O) groups is 2. The zero-order valence-electron chi connectivity index (χ0n) is 8.96. The summed E-state index contributed by atoms with van der Waals surface area (Å²) in [5, 5.41) is 18.0. The van der Waals surface area contributed by atoms with E-state index in [4.69, 9.17) is 29.0 Å². The Bertz CT molecular complexity index is 343. The molecule has 1 aromatic rings. The number of carboxylic acids is 2. The van der Waals surface area contributed by atoms with Gasteiger partial charge < -0.3 is 24.7 Å². The Kier molecular flexibility index (Phi) is 5.18. The number of rotatable bonds is 1. The van der Waals surface area contributed by atoms with Gasteiger partial charge in [0.1, 0.15) is 0 Å². The third-order valence-corrected chi connectivity index (χ3v) is 2.03. The molecular formula is C10H13NO6. The van der Waals surface area contributed by atoms with E-state index in [9.17, 15) is 0 Å². The maximum absolute atomic E-state index is 9.10. The van der Waals surface area contributed by atoms with Crippen molar-refractivity contribution in [2.75, 3.05) is 19.7 Å². The fourth-order valence-corrected chi connectivity index (χ4v) is 1.24. The number of hydrogen-bond acceptors (Lipinski definition) is 5. The summed E-state index contributed by atoms with van der Waals surface area (Å²) in [7, 11) is 0. The highest BCUT2D eigenvalue weighted by molar-refractivity contribution is 6.27. The number of ether oxygens (including phenoxy) is 1. The van der Waals surface area contributed by atoms with Gasteiger partial charge in [-0.05, 0) is 6.07 Å². The van der Waals surface area contributed by atoms with Gasteiger partial charge in [-0.2, -0.15) is 0 Å². The van der Waals surface area contributed by atoms with Crippen LogP contribution < -0.4 is 5.32 Å². The highest BCUT2D eigenvalue weighted by Gasteiger charge is 2.15. The van der Waals surface area contributed by atoms with Crippen molar-refractivity contribution in [3.05, 3.63) is 24.2 Å². The van der Waals surface area contributed by atoms with E-state index in [1.54, 1.807) is 12.5 Å². The summed E-state index contributed by atoms with van der Waals surface area (Å²) < 4.78 is 10.5. The van der Waals surface area contributed by atoms with E-state index in [0.717, 1.165) is 25.3 Å². The molecule has 0 radical (unpaired) electrons. The van der Waals surface area contributed by atoms with Crippen LogP contribution in [-0.4, -0.2) is 41.8 Å². The first-order valence-electron chi connectivity index (χ1n) is 4.92. The third kappa shape index (κ3) is 4.66. The first-order chi connectivity index (χ1) is 8.11. The fraction of sp³-hybridized carbons (Fsp3) is 0.400. The van der Waals surface area contributed by atoms with E-state index in [1.165, 1.54) is 0 Å². The second-order valence-corrected chi connectivity index (χ2v) is 3.23. The van der Waals surface area contributed by atoms with E-state index in [0.29, 0.717) is 0 Å². The van der Waals surface area contributed by atoms with Crippen LogP contribution in [0.5, 0.6) is 0 Å². The highest BCUT2D eigenvalue weighted by atomic mass is 16.5. The van der Waals surface area contributed by atoms with E-state index >= 15 is 0 Å². The van der Waals surface area contributed by atoms with E-state index in [-0.39, 0.29) is 6.10 Å². The normalized spacial score (nSPS) is 18.9. The summed E-state index contributed by atoms with van der Waals surface area (Å²) in [6.07, 6.45) is 3.59. The number of furan rings is 1. The molecule has 0 aromatic carbocycles. The quantitative estimate of drug-likeness (QED) is 0.600. The summed E-state index contributed by atoms with van der Waals surface area (Å²) in [6, 6.07) is 1.94. The Balaban J connectivity index is 0.000000209. The monoisotopic (exact) mass is 243 g/mol. The van der Waals surface area contributed by atoms with Crippen LogP contribution >= 0.6 is 0 Å². The molecule has 94 valence electrons. The Hall–Kier alpha value is -1.86. The second kappa shape index (κ2) is 6.66. The van der Waals surface area contributed by atoms with Crippen LogP contribution in [0.3, 0.4) is 0 Å². The van der Waals surface area contributed by atoms with Crippen molar-refractivity contribution < 1.29 is 29.0 Å². The van der Waals surface area contributed by atoms with Gasteiger partial charge in [-0.15, -0.1) is 0 Å². The molecule has 2 rings (SSSR count). The van der Waals surface area contributed by atoms with Gasteiger partial charge >= 0.3 is 11.9 Å². The van der Waals surface area contributed by atoms with Crippen LogP contribution in [0.25, 0.3) is 0 Å². The number of hydrogen-bond donors (Lipinski definition) is 3. The standard InChI is InChI=1S/C8H11NO2.C2H2O4/c1-3-10-6-7(1)8-5-9-2-4-11-8;3-1(4)2(5)6/h1,3,6,8-9H,2,4-5H2;(H,3,4)(H,5,6). The first kappa shape index (κ1) is 13.2. The van der Waals surface area contributed by atoms with Crippen molar-refractivity contribution in [2.45, 2.75) is 6.10 Å². The lowest BCUT2D eigenvalue weighted by Crippen LogP contribution is -2.33.